The van der Waals surface area contributed by atoms with Crippen LogP contribution in [-0.2, 0) is 41.9 Å². The Bertz CT molecular complexity index is 1890. The quantitative estimate of drug-likeness (QED) is 0.0229. The molecule has 316 valence electrons. The van der Waals surface area contributed by atoms with Crippen LogP contribution < -0.4 is 21.1 Å². The number of nitrogens with one attached hydrogen (secondary N) is 3. The van der Waals surface area contributed by atoms with Gasteiger partial charge in [0.25, 0.3) is 6.04 Å². The number of amides is 3. The first-order valence-electron chi connectivity index (χ1n) is 15.8. The average Bonchev–Trinajstić information content (AvgIpc) is 3.65. The third-order valence-electron chi connectivity index (χ3n) is 7.47. The van der Waals surface area contributed by atoms with Crippen LogP contribution in [0.3, 0.4) is 0 Å². The Morgan fingerprint density at radius 2 is 1.80 bits per heavy atom. The molecule has 32 heteroatoms. The zero-order valence-corrected chi connectivity index (χ0v) is 34.5. The molecular weight excluding hydrogens is 875 g/mol. The van der Waals surface area contributed by atoms with Gasteiger partial charge in [0.1, 0.15) is 36.3 Å². The minimum absolute atomic E-state index is 0.0307. The molecule has 11 N–H and O–H groups in total. The molecule has 0 saturated carbocycles. The van der Waals surface area contributed by atoms with Crippen molar-refractivity contribution in [3.05, 3.63) is 22.8 Å². The minimum Gasteiger partial charge on any atom is -0.386 e. The van der Waals surface area contributed by atoms with Crippen molar-refractivity contribution < 1.29 is 76.6 Å². The summed E-state index contributed by atoms with van der Waals surface area (Å²) in [4.78, 5) is 97.6. The number of phosphoric ester groups is 1. The summed E-state index contributed by atoms with van der Waals surface area (Å²) in [6.45, 7) is -2.34. The van der Waals surface area contributed by atoms with Crippen LogP contribution in [0.25, 0.3) is 11.2 Å². The molecule has 1 aliphatic rings. The standard InChI is InChI=1S/C24H40N9O17P3S3/c1-12(33(39)40)21(37)31-54-7-6-26-14(34)4-5-27-22(38)18(36)24(2,3)9-55-53(46,47)56-52(44,45)48-8-13-17(50-51(41,42)43)16(35)23(49-13)32-11-30-15-19(25)28-10-29-20(15)32/h10-13,16-18,23,35-36H,4-9H2,1-3H3,(H,26,34)(H,27,38)(H,31,37)(H,44,45)(H,46,47)(H2,25,28,29)(H2,41,42,43)/t12?,13-,16-,17-,18?,23-/m1/s1. The molecule has 3 amide bonds. The molecule has 8 atom stereocenters. The summed E-state index contributed by atoms with van der Waals surface area (Å²) < 4.78 is 56.3. The lowest BCUT2D eigenvalue weighted by molar-refractivity contribution is -0.503. The summed E-state index contributed by atoms with van der Waals surface area (Å²) in [5.74, 6) is -7.18. The maximum atomic E-state index is 13.0. The van der Waals surface area contributed by atoms with Gasteiger partial charge in [-0.05, 0) is 11.9 Å². The topological polar surface area (TPSA) is 400 Å². The second-order valence-electron chi connectivity index (χ2n) is 12.3. The number of rotatable bonds is 22. The molecule has 0 aromatic carbocycles. The third kappa shape index (κ3) is 14.1. The molecule has 0 aliphatic carbocycles. The van der Waals surface area contributed by atoms with E-state index in [1.165, 1.54) is 13.8 Å². The van der Waals surface area contributed by atoms with Crippen molar-refractivity contribution in [2.75, 3.05) is 36.9 Å². The summed E-state index contributed by atoms with van der Waals surface area (Å²) in [5, 5.41) is 37.0. The van der Waals surface area contributed by atoms with Crippen LogP contribution in [0, 0.1) is 15.5 Å². The number of aliphatic hydroxyl groups excluding tert-OH is 2. The summed E-state index contributed by atoms with van der Waals surface area (Å²) >= 11 is 0.715. The fourth-order valence-electron chi connectivity index (χ4n) is 4.48. The van der Waals surface area contributed by atoms with Crippen LogP contribution in [0.4, 0.5) is 5.82 Å². The highest BCUT2D eigenvalue weighted by molar-refractivity contribution is 9.03. The normalized spacial score (nSPS) is 22.1. The average molecular weight is 916 g/mol. The van der Waals surface area contributed by atoms with E-state index < -0.39 is 97.5 Å². The fourth-order valence-corrected chi connectivity index (χ4v) is 17.0. The van der Waals surface area contributed by atoms with E-state index in [-0.39, 0.29) is 64.6 Å². The van der Waals surface area contributed by atoms with Gasteiger partial charge in [-0.3, -0.25) is 47.4 Å². The van der Waals surface area contributed by atoms with Crippen molar-refractivity contribution in [1.29, 1.82) is 0 Å². The molecule has 0 spiro atoms. The van der Waals surface area contributed by atoms with Crippen LogP contribution in [0.2, 0.25) is 0 Å². The number of carbonyl (C=O) groups excluding carboxylic acids is 3. The minimum atomic E-state index is -5.30. The summed E-state index contributed by atoms with van der Waals surface area (Å²) in [7, 11) is -5.30. The molecule has 2 aromatic heterocycles. The third-order valence-corrected chi connectivity index (χ3v) is 20.2. The number of fused-ring (bicyclic) bond motifs is 1. The molecule has 3 rings (SSSR count). The molecule has 56 heavy (non-hydrogen) atoms. The van der Waals surface area contributed by atoms with Crippen LogP contribution in [0.5, 0.6) is 0 Å². The molecule has 1 fully saturated rings. The molecule has 0 radical (unpaired) electrons. The molecule has 3 heterocycles. The Labute approximate surface area is 328 Å². The second kappa shape index (κ2) is 20.0. The number of nitro groups is 1. The lowest BCUT2D eigenvalue weighted by Gasteiger charge is -2.29. The van der Waals surface area contributed by atoms with Crippen molar-refractivity contribution in [3.63, 3.8) is 0 Å². The zero-order valence-electron chi connectivity index (χ0n) is 29.4. The largest absolute Gasteiger partial charge is 0.470 e. The number of anilines is 1. The highest BCUT2D eigenvalue weighted by atomic mass is 33.3. The maximum absolute atomic E-state index is 13.0. The Kier molecular flexibility index (Phi) is 17.1. The van der Waals surface area contributed by atoms with Crippen molar-refractivity contribution in [3.8, 4) is 0 Å². The number of hydrogen-bond acceptors (Lipinski definition) is 20. The van der Waals surface area contributed by atoms with E-state index >= 15 is 0 Å². The fraction of sp³-hybridized carbons (Fsp3) is 0.667. The van der Waals surface area contributed by atoms with Crippen LogP contribution in [0.15, 0.2) is 12.7 Å². The van der Waals surface area contributed by atoms with Crippen LogP contribution in [0.1, 0.15) is 33.4 Å². The number of ether oxygens (including phenoxy) is 1. The molecule has 2 aromatic rings. The lowest BCUT2D eigenvalue weighted by Crippen LogP contribution is -2.45. The van der Waals surface area contributed by atoms with E-state index in [4.69, 9.17) is 15.0 Å². The Balaban J connectivity index is 1.48. The van der Waals surface area contributed by atoms with Crippen molar-refractivity contribution >= 4 is 89.4 Å². The first-order valence-corrected chi connectivity index (χ1v) is 25.2. The molecular formula is C24H40N9O17P3S3. The number of carbonyl (C=O) groups is 3. The molecule has 4 unspecified atom stereocenters. The first kappa shape index (κ1) is 47.9. The first-order chi connectivity index (χ1) is 25.8. The van der Waals surface area contributed by atoms with E-state index in [0.717, 1.165) is 36.1 Å². The van der Waals surface area contributed by atoms with Gasteiger partial charge in [-0.2, -0.15) is 0 Å². The molecule has 26 nitrogen and oxygen atoms in total. The maximum Gasteiger partial charge on any atom is 0.470 e. The van der Waals surface area contributed by atoms with Gasteiger partial charge >= 0.3 is 26.3 Å². The van der Waals surface area contributed by atoms with E-state index in [1.807, 2.05) is 0 Å². The number of nitrogens with zero attached hydrogens (tertiary/aromatic N) is 5. The predicted molar refractivity (Wildman–Crippen MR) is 200 cm³/mol. The van der Waals surface area contributed by atoms with Gasteiger partial charge in [0, 0.05) is 48.3 Å². The molecule has 1 saturated heterocycles. The highest BCUT2D eigenvalue weighted by Crippen LogP contribution is 2.80. The number of nitrogen functional groups attached to an aromatic ring is 1. The number of aliphatic hydroxyl groups is 2. The van der Waals surface area contributed by atoms with E-state index in [1.54, 1.807) is 0 Å². The second-order valence-corrected chi connectivity index (χ2v) is 25.1. The van der Waals surface area contributed by atoms with Gasteiger partial charge in [0.2, 0.25) is 11.8 Å². The Hall–Kier alpha value is -2.46. The van der Waals surface area contributed by atoms with Gasteiger partial charge in [-0.15, -0.1) is 0 Å². The number of nitrogens with two attached hydrogens (primary N) is 1. The molecule has 1 aliphatic heterocycles. The summed E-state index contributed by atoms with van der Waals surface area (Å²) in [5.41, 5.74) is 4.52. The summed E-state index contributed by atoms with van der Waals surface area (Å²) in [6.07, 6.45) is -6.60. The van der Waals surface area contributed by atoms with Gasteiger partial charge in [0.15, 0.2) is 17.7 Å². The van der Waals surface area contributed by atoms with Gasteiger partial charge in [-0.25, -0.2) is 24.1 Å². The van der Waals surface area contributed by atoms with E-state index in [2.05, 4.69) is 34.8 Å². The Morgan fingerprint density at radius 3 is 2.45 bits per heavy atom. The van der Waals surface area contributed by atoms with Crippen LogP contribution >= 0.6 is 54.7 Å². The smallest absolute Gasteiger partial charge is 0.386 e. The highest BCUT2D eigenvalue weighted by Gasteiger charge is 2.50. The lowest BCUT2D eigenvalue weighted by atomic mass is 9.88. The predicted octanol–water partition coefficient (Wildman–Crippen LogP) is -0.732. The van der Waals surface area contributed by atoms with E-state index in [9.17, 15) is 68.0 Å². The SMILES string of the molecule is CC(C(=O)NSCCNC(=O)CCNC(=O)C(O)C(C)(C)CSP(=O)(O)SP(=O)(O)OC[C@H]1O[C@@H](n2cnc3c(N)ncnc32)[C@H](O)[C@@H]1OP(=O)(O)O)[N+](=O)[O-]. The van der Waals surface area contributed by atoms with E-state index in [0.29, 0.717) is 0 Å². The monoisotopic (exact) mass is 915 g/mol. The van der Waals surface area contributed by atoms with Gasteiger partial charge < -0.3 is 50.9 Å². The summed E-state index contributed by atoms with van der Waals surface area (Å²) in [6, 6.07) is -1.44. The number of imidazole rings is 1. The van der Waals surface area contributed by atoms with Crippen molar-refractivity contribution in [1.82, 2.24) is 34.9 Å². The molecule has 0 bridgehead atoms. The van der Waals surface area contributed by atoms with Gasteiger partial charge in [0.05, 0.1) is 23.9 Å². The van der Waals surface area contributed by atoms with Crippen molar-refractivity contribution in [2.24, 2.45) is 5.41 Å². The van der Waals surface area contributed by atoms with Gasteiger partial charge in [-0.1, -0.05) is 25.2 Å². The Morgan fingerprint density at radius 1 is 1.12 bits per heavy atom. The zero-order chi connectivity index (χ0) is 42.2. The van der Waals surface area contributed by atoms with Crippen LogP contribution in [-0.4, -0.2) is 134 Å². The number of hydrogen-bond donors (Lipinski definition) is 10. The number of aromatic nitrogens is 4. The van der Waals surface area contributed by atoms with Crippen molar-refractivity contribution in [2.45, 2.75) is 63.9 Å². The number of phosphoric acid groups is 1.